The Morgan fingerprint density at radius 3 is 2.66 bits per heavy atom. The Balaban J connectivity index is 1.40. The van der Waals surface area contributed by atoms with Crippen molar-refractivity contribution < 1.29 is 14.3 Å². The van der Waals surface area contributed by atoms with Crippen molar-refractivity contribution in [3.8, 4) is 5.88 Å². The standard InChI is InChI=1S/C24H28N4O3S/c1-4-28(5-2)24(30)16-7-9-17(10-8-16)27-20(29)13-31-22-21-18-11-6-15(3)12-19(18)32-23(21)26-14-25-22/h7-10,14-15H,4-6,11-13H2,1-3H3,(H,27,29). The Morgan fingerprint density at radius 1 is 1.19 bits per heavy atom. The Bertz CT molecular complexity index is 1120. The van der Waals surface area contributed by atoms with E-state index in [1.165, 1.54) is 16.8 Å². The maximum atomic E-state index is 12.5. The topological polar surface area (TPSA) is 84.4 Å². The van der Waals surface area contributed by atoms with Gasteiger partial charge in [0.05, 0.1) is 5.39 Å². The lowest BCUT2D eigenvalue weighted by Crippen LogP contribution is -2.30. The molecule has 168 valence electrons. The van der Waals surface area contributed by atoms with Gasteiger partial charge in [-0.3, -0.25) is 9.59 Å². The van der Waals surface area contributed by atoms with Crippen LogP contribution in [0.25, 0.3) is 10.2 Å². The van der Waals surface area contributed by atoms with E-state index in [-0.39, 0.29) is 18.4 Å². The zero-order valence-corrected chi connectivity index (χ0v) is 19.5. The summed E-state index contributed by atoms with van der Waals surface area (Å²) < 4.78 is 5.81. The number of aryl methyl sites for hydroxylation is 1. The molecule has 2 aromatic heterocycles. The first kappa shape index (κ1) is 22.2. The summed E-state index contributed by atoms with van der Waals surface area (Å²) >= 11 is 1.70. The number of thiophene rings is 1. The summed E-state index contributed by atoms with van der Waals surface area (Å²) in [4.78, 5) is 37.6. The third kappa shape index (κ3) is 4.60. The maximum Gasteiger partial charge on any atom is 0.262 e. The van der Waals surface area contributed by atoms with E-state index in [2.05, 4.69) is 22.2 Å². The molecular formula is C24H28N4O3S. The normalized spacial score (nSPS) is 15.3. The van der Waals surface area contributed by atoms with Crippen LogP contribution in [0, 0.1) is 5.92 Å². The quantitative estimate of drug-likeness (QED) is 0.577. The molecular weight excluding hydrogens is 424 g/mol. The van der Waals surface area contributed by atoms with Gasteiger partial charge in [-0.15, -0.1) is 11.3 Å². The molecule has 0 saturated carbocycles. The lowest BCUT2D eigenvalue weighted by atomic mass is 9.89. The highest BCUT2D eigenvalue weighted by Gasteiger charge is 2.24. The van der Waals surface area contributed by atoms with Gasteiger partial charge in [-0.05, 0) is 68.9 Å². The van der Waals surface area contributed by atoms with Gasteiger partial charge in [0, 0.05) is 29.2 Å². The Morgan fingerprint density at radius 2 is 1.94 bits per heavy atom. The van der Waals surface area contributed by atoms with E-state index in [1.54, 1.807) is 40.5 Å². The van der Waals surface area contributed by atoms with Gasteiger partial charge in [0.2, 0.25) is 5.88 Å². The van der Waals surface area contributed by atoms with Crippen LogP contribution in [0.5, 0.6) is 5.88 Å². The minimum absolute atomic E-state index is 0.0162. The number of hydrogen-bond donors (Lipinski definition) is 1. The van der Waals surface area contributed by atoms with Gasteiger partial charge in [-0.25, -0.2) is 9.97 Å². The Hall–Kier alpha value is -3.00. The first-order chi connectivity index (χ1) is 15.5. The molecule has 7 nitrogen and oxygen atoms in total. The number of nitrogens with one attached hydrogen (secondary N) is 1. The van der Waals surface area contributed by atoms with Crippen LogP contribution in [0.15, 0.2) is 30.6 Å². The zero-order chi connectivity index (χ0) is 22.7. The summed E-state index contributed by atoms with van der Waals surface area (Å²) in [6, 6.07) is 6.91. The average molecular weight is 453 g/mol. The second-order valence-corrected chi connectivity index (χ2v) is 9.19. The molecule has 0 bridgehead atoms. The SMILES string of the molecule is CCN(CC)C(=O)c1ccc(NC(=O)COc2ncnc3sc4c(c23)CCC(C)C4)cc1. The van der Waals surface area contributed by atoms with E-state index in [0.717, 1.165) is 29.5 Å². The van der Waals surface area contributed by atoms with Crippen molar-refractivity contribution in [2.24, 2.45) is 5.92 Å². The number of amides is 2. The van der Waals surface area contributed by atoms with Crippen molar-refractivity contribution in [2.75, 3.05) is 25.0 Å². The Kier molecular flexibility index (Phi) is 6.69. The third-order valence-corrected chi connectivity index (χ3v) is 7.03. The molecule has 1 aliphatic carbocycles. The first-order valence-electron chi connectivity index (χ1n) is 11.1. The molecule has 1 unspecified atom stereocenters. The molecule has 1 aliphatic rings. The van der Waals surface area contributed by atoms with Crippen LogP contribution in [-0.4, -0.2) is 46.4 Å². The zero-order valence-electron chi connectivity index (χ0n) is 18.7. The van der Waals surface area contributed by atoms with Crippen LogP contribution >= 0.6 is 11.3 Å². The minimum atomic E-state index is -0.280. The fraction of sp³-hybridized carbons (Fsp3) is 0.417. The fourth-order valence-electron chi connectivity index (χ4n) is 4.08. The summed E-state index contributed by atoms with van der Waals surface area (Å²) in [6.45, 7) is 7.35. The minimum Gasteiger partial charge on any atom is -0.467 e. The molecule has 32 heavy (non-hydrogen) atoms. The molecule has 1 aromatic carbocycles. The summed E-state index contributed by atoms with van der Waals surface area (Å²) in [5.41, 5.74) is 2.49. The molecule has 0 fully saturated rings. The summed E-state index contributed by atoms with van der Waals surface area (Å²) in [6.07, 6.45) is 4.68. The van der Waals surface area contributed by atoms with Crippen molar-refractivity contribution in [1.29, 1.82) is 0 Å². The van der Waals surface area contributed by atoms with Gasteiger partial charge < -0.3 is 15.0 Å². The van der Waals surface area contributed by atoms with Gasteiger partial charge in [-0.2, -0.15) is 0 Å². The first-order valence-corrected chi connectivity index (χ1v) is 11.9. The molecule has 0 radical (unpaired) electrons. The van der Waals surface area contributed by atoms with Gasteiger partial charge >= 0.3 is 0 Å². The largest absolute Gasteiger partial charge is 0.467 e. The van der Waals surface area contributed by atoms with Crippen LogP contribution in [0.1, 0.15) is 48.0 Å². The summed E-state index contributed by atoms with van der Waals surface area (Å²) in [5, 5.41) is 3.77. The van der Waals surface area contributed by atoms with E-state index in [9.17, 15) is 9.59 Å². The van der Waals surface area contributed by atoms with E-state index in [1.807, 2.05) is 13.8 Å². The number of carbonyl (C=O) groups is 2. The van der Waals surface area contributed by atoms with Crippen molar-refractivity contribution in [1.82, 2.24) is 14.9 Å². The summed E-state index contributed by atoms with van der Waals surface area (Å²) in [7, 11) is 0. The smallest absolute Gasteiger partial charge is 0.262 e. The number of hydrogen-bond acceptors (Lipinski definition) is 6. The fourth-order valence-corrected chi connectivity index (χ4v) is 5.42. The van der Waals surface area contributed by atoms with E-state index >= 15 is 0 Å². The molecule has 4 rings (SSSR count). The number of nitrogens with zero attached hydrogens (tertiary/aromatic N) is 3. The molecule has 0 aliphatic heterocycles. The second kappa shape index (κ2) is 9.65. The predicted octanol–water partition coefficient (Wildman–Crippen LogP) is 4.32. The number of aromatic nitrogens is 2. The number of rotatable bonds is 7. The number of fused-ring (bicyclic) bond motifs is 3. The molecule has 1 N–H and O–H groups in total. The number of carbonyl (C=O) groups excluding carboxylic acids is 2. The number of benzene rings is 1. The maximum absolute atomic E-state index is 12.5. The van der Waals surface area contributed by atoms with E-state index in [4.69, 9.17) is 4.74 Å². The van der Waals surface area contributed by atoms with Crippen molar-refractivity contribution in [3.63, 3.8) is 0 Å². The monoisotopic (exact) mass is 452 g/mol. The van der Waals surface area contributed by atoms with Gasteiger partial charge in [-0.1, -0.05) is 6.92 Å². The van der Waals surface area contributed by atoms with Crippen LogP contribution < -0.4 is 10.1 Å². The van der Waals surface area contributed by atoms with Gasteiger partial charge in [0.15, 0.2) is 6.61 Å². The number of anilines is 1. The molecule has 3 aromatic rings. The third-order valence-electron chi connectivity index (χ3n) is 5.86. The molecule has 2 amide bonds. The van der Waals surface area contributed by atoms with Crippen LogP contribution in [0.2, 0.25) is 0 Å². The average Bonchev–Trinajstić information content (AvgIpc) is 3.17. The van der Waals surface area contributed by atoms with Crippen LogP contribution in [0.3, 0.4) is 0 Å². The molecule has 8 heteroatoms. The van der Waals surface area contributed by atoms with Crippen molar-refractivity contribution in [2.45, 2.75) is 40.0 Å². The van der Waals surface area contributed by atoms with Gasteiger partial charge in [0.25, 0.3) is 11.8 Å². The van der Waals surface area contributed by atoms with Crippen LogP contribution in [0.4, 0.5) is 5.69 Å². The van der Waals surface area contributed by atoms with E-state index in [0.29, 0.717) is 36.1 Å². The molecule has 0 saturated heterocycles. The lowest BCUT2D eigenvalue weighted by molar-refractivity contribution is -0.118. The van der Waals surface area contributed by atoms with Gasteiger partial charge in [0.1, 0.15) is 11.2 Å². The highest BCUT2D eigenvalue weighted by Crippen LogP contribution is 2.40. The highest BCUT2D eigenvalue weighted by molar-refractivity contribution is 7.18. The lowest BCUT2D eigenvalue weighted by Gasteiger charge is -2.18. The predicted molar refractivity (Wildman–Crippen MR) is 126 cm³/mol. The summed E-state index contributed by atoms with van der Waals surface area (Å²) in [5.74, 6) is 0.847. The second-order valence-electron chi connectivity index (χ2n) is 8.10. The molecule has 0 spiro atoms. The Labute approximate surface area is 191 Å². The van der Waals surface area contributed by atoms with Crippen molar-refractivity contribution >= 4 is 39.1 Å². The molecule has 2 heterocycles. The number of ether oxygens (including phenoxy) is 1. The molecule has 1 atom stereocenters. The highest BCUT2D eigenvalue weighted by atomic mass is 32.1. The van der Waals surface area contributed by atoms with E-state index < -0.39 is 0 Å². The van der Waals surface area contributed by atoms with Crippen LogP contribution in [-0.2, 0) is 17.6 Å². The van der Waals surface area contributed by atoms with Crippen molar-refractivity contribution in [3.05, 3.63) is 46.6 Å².